The molecule has 0 heterocycles. The molecule has 124 valence electrons. The lowest BCUT2D eigenvalue weighted by Crippen LogP contribution is -1.99. The largest absolute Gasteiger partial charge is 0.493 e. The maximum atomic E-state index is 8.79. The number of hydrogen-bond donors (Lipinski definition) is 0. The van der Waals surface area contributed by atoms with Gasteiger partial charge in [0.05, 0.1) is 19.6 Å². The molecule has 0 bridgehead atoms. The van der Waals surface area contributed by atoms with Crippen molar-refractivity contribution >= 4 is 0 Å². The van der Waals surface area contributed by atoms with Gasteiger partial charge in [0.1, 0.15) is 6.61 Å². The van der Waals surface area contributed by atoms with E-state index in [9.17, 15) is 0 Å². The third-order valence-electron chi connectivity index (χ3n) is 2.77. The second kappa shape index (κ2) is 13.2. The molecule has 0 fully saturated rings. The highest BCUT2D eigenvalue weighted by molar-refractivity contribution is 5.47. The SMILES string of the molecule is CC.CC.COc1c(CC#N)cccc1OCc1ccccc1. The molecule has 3 nitrogen and oxygen atoms in total. The Bertz CT molecular complexity index is 574. The van der Waals surface area contributed by atoms with E-state index in [1.54, 1.807) is 7.11 Å². The number of nitrogens with zero attached hydrogens (tertiary/aromatic N) is 1. The molecule has 3 heteroatoms. The van der Waals surface area contributed by atoms with Gasteiger partial charge in [-0.15, -0.1) is 0 Å². The van der Waals surface area contributed by atoms with Crippen LogP contribution < -0.4 is 9.47 Å². The third-order valence-corrected chi connectivity index (χ3v) is 2.77. The van der Waals surface area contributed by atoms with Crippen molar-refractivity contribution in [3.8, 4) is 17.6 Å². The molecule has 0 N–H and O–H groups in total. The molecule has 23 heavy (non-hydrogen) atoms. The van der Waals surface area contributed by atoms with Crippen LogP contribution in [0.1, 0.15) is 38.8 Å². The first-order chi connectivity index (χ1) is 11.3. The highest BCUT2D eigenvalue weighted by atomic mass is 16.5. The van der Waals surface area contributed by atoms with E-state index in [1.165, 1.54) is 0 Å². The Kier molecular flexibility index (Phi) is 11.8. The molecule has 0 aliphatic heterocycles. The molecule has 0 saturated heterocycles. The summed E-state index contributed by atoms with van der Waals surface area (Å²) in [6.45, 7) is 8.48. The first kappa shape index (κ1) is 20.5. The van der Waals surface area contributed by atoms with Crippen molar-refractivity contribution in [2.75, 3.05) is 7.11 Å². The smallest absolute Gasteiger partial charge is 0.164 e. The number of ether oxygens (including phenoxy) is 2. The van der Waals surface area contributed by atoms with Crippen molar-refractivity contribution in [3.63, 3.8) is 0 Å². The van der Waals surface area contributed by atoms with Gasteiger partial charge in [0.2, 0.25) is 0 Å². The number of methoxy groups -OCH3 is 1. The molecule has 0 amide bonds. The fourth-order valence-corrected chi connectivity index (χ4v) is 1.87. The second-order valence-corrected chi connectivity index (χ2v) is 4.06. The van der Waals surface area contributed by atoms with Gasteiger partial charge in [0, 0.05) is 5.56 Å². The van der Waals surface area contributed by atoms with E-state index in [0.29, 0.717) is 24.5 Å². The van der Waals surface area contributed by atoms with Crippen LogP contribution in [0, 0.1) is 11.3 Å². The number of benzene rings is 2. The highest BCUT2D eigenvalue weighted by Gasteiger charge is 2.09. The molecular weight excluding hydrogens is 286 g/mol. The van der Waals surface area contributed by atoms with E-state index < -0.39 is 0 Å². The van der Waals surface area contributed by atoms with Crippen molar-refractivity contribution in [1.29, 1.82) is 5.26 Å². The first-order valence-electron chi connectivity index (χ1n) is 8.04. The molecule has 2 aromatic carbocycles. The zero-order chi connectivity index (χ0) is 17.5. The molecule has 0 unspecified atom stereocenters. The second-order valence-electron chi connectivity index (χ2n) is 4.06. The summed E-state index contributed by atoms with van der Waals surface area (Å²) in [5.74, 6) is 1.30. The fraction of sp³-hybridized carbons (Fsp3) is 0.350. The van der Waals surface area contributed by atoms with Gasteiger partial charge in [-0.1, -0.05) is 70.2 Å². The quantitative estimate of drug-likeness (QED) is 0.743. The molecule has 0 saturated carbocycles. The van der Waals surface area contributed by atoms with Crippen LogP contribution in [-0.2, 0) is 13.0 Å². The third kappa shape index (κ3) is 6.88. The lowest BCUT2D eigenvalue weighted by molar-refractivity contribution is 0.283. The Morgan fingerprint density at radius 1 is 0.913 bits per heavy atom. The van der Waals surface area contributed by atoms with Gasteiger partial charge in [-0.3, -0.25) is 0 Å². The minimum Gasteiger partial charge on any atom is -0.493 e. The number of para-hydroxylation sites is 1. The number of rotatable bonds is 5. The lowest BCUT2D eigenvalue weighted by Gasteiger charge is -2.13. The van der Waals surface area contributed by atoms with Crippen LogP contribution in [0.2, 0.25) is 0 Å². The molecule has 0 radical (unpaired) electrons. The molecule has 0 aliphatic carbocycles. The average molecular weight is 313 g/mol. The van der Waals surface area contributed by atoms with Gasteiger partial charge in [-0.05, 0) is 11.6 Å². The predicted octanol–water partition coefficient (Wildman–Crippen LogP) is 5.39. The van der Waals surface area contributed by atoms with Crippen molar-refractivity contribution in [1.82, 2.24) is 0 Å². The van der Waals surface area contributed by atoms with Crippen molar-refractivity contribution in [2.24, 2.45) is 0 Å². The Hall–Kier alpha value is -2.47. The summed E-state index contributed by atoms with van der Waals surface area (Å²) < 4.78 is 11.1. The molecule has 0 atom stereocenters. The molecule has 0 aromatic heterocycles. The lowest BCUT2D eigenvalue weighted by atomic mass is 10.1. The summed E-state index contributed by atoms with van der Waals surface area (Å²) >= 11 is 0. The monoisotopic (exact) mass is 313 g/mol. The minimum atomic E-state index is 0.311. The molecular formula is C20H27NO2. The van der Waals surface area contributed by atoms with E-state index in [4.69, 9.17) is 14.7 Å². The summed E-state index contributed by atoms with van der Waals surface area (Å²) in [5, 5.41) is 8.79. The van der Waals surface area contributed by atoms with E-state index >= 15 is 0 Å². The average Bonchev–Trinajstić information content (AvgIpc) is 2.64. The number of hydrogen-bond acceptors (Lipinski definition) is 3. The maximum Gasteiger partial charge on any atom is 0.164 e. The summed E-state index contributed by atoms with van der Waals surface area (Å²) in [6, 6.07) is 17.6. The van der Waals surface area contributed by atoms with Crippen molar-refractivity contribution in [2.45, 2.75) is 40.7 Å². The number of nitriles is 1. The van der Waals surface area contributed by atoms with E-state index in [-0.39, 0.29) is 0 Å². The van der Waals surface area contributed by atoms with Gasteiger partial charge in [-0.25, -0.2) is 0 Å². The zero-order valence-electron chi connectivity index (χ0n) is 14.8. The van der Waals surface area contributed by atoms with E-state index in [2.05, 4.69) is 6.07 Å². The van der Waals surface area contributed by atoms with E-state index in [0.717, 1.165) is 11.1 Å². The Morgan fingerprint density at radius 2 is 1.57 bits per heavy atom. The highest BCUT2D eigenvalue weighted by Crippen LogP contribution is 2.31. The predicted molar refractivity (Wildman–Crippen MR) is 95.8 cm³/mol. The minimum absolute atomic E-state index is 0.311. The summed E-state index contributed by atoms with van der Waals surface area (Å²) in [5.41, 5.74) is 1.94. The van der Waals surface area contributed by atoms with Gasteiger partial charge in [-0.2, -0.15) is 5.26 Å². The fourth-order valence-electron chi connectivity index (χ4n) is 1.87. The molecule has 2 rings (SSSR count). The topological polar surface area (TPSA) is 42.2 Å². The van der Waals surface area contributed by atoms with Crippen molar-refractivity contribution < 1.29 is 9.47 Å². The Balaban J connectivity index is 0.00000112. The Morgan fingerprint density at radius 3 is 2.13 bits per heavy atom. The first-order valence-corrected chi connectivity index (χ1v) is 8.04. The zero-order valence-corrected chi connectivity index (χ0v) is 14.8. The molecule has 0 spiro atoms. The van der Waals surface area contributed by atoms with Crippen molar-refractivity contribution in [3.05, 3.63) is 59.7 Å². The van der Waals surface area contributed by atoms with Crippen LogP contribution in [0.3, 0.4) is 0 Å². The summed E-state index contributed by atoms with van der Waals surface area (Å²) in [4.78, 5) is 0. The normalized spacial score (nSPS) is 8.52. The standard InChI is InChI=1S/C16H15NO2.2C2H6/c1-18-16-14(10-11-17)8-5-9-15(16)19-12-13-6-3-2-4-7-13;2*1-2/h2-9H,10,12H2,1H3;2*1-2H3. The molecule has 2 aromatic rings. The summed E-state index contributed by atoms with van der Waals surface area (Å²) in [6.07, 6.45) is 0.311. The van der Waals surface area contributed by atoms with Crippen LogP contribution in [0.5, 0.6) is 11.5 Å². The van der Waals surface area contributed by atoms with Crippen LogP contribution in [0.4, 0.5) is 0 Å². The maximum absolute atomic E-state index is 8.79. The van der Waals surface area contributed by atoms with Gasteiger partial charge in [0.25, 0.3) is 0 Å². The van der Waals surface area contributed by atoms with Crippen LogP contribution in [-0.4, -0.2) is 7.11 Å². The van der Waals surface area contributed by atoms with E-state index in [1.807, 2.05) is 76.2 Å². The van der Waals surface area contributed by atoms with Gasteiger partial charge in [0.15, 0.2) is 11.5 Å². The molecule has 0 aliphatic rings. The van der Waals surface area contributed by atoms with Crippen LogP contribution in [0.25, 0.3) is 0 Å². The van der Waals surface area contributed by atoms with Gasteiger partial charge < -0.3 is 9.47 Å². The van der Waals surface area contributed by atoms with Crippen LogP contribution >= 0.6 is 0 Å². The van der Waals surface area contributed by atoms with Crippen LogP contribution in [0.15, 0.2) is 48.5 Å². The summed E-state index contributed by atoms with van der Waals surface area (Å²) in [7, 11) is 1.59. The Labute approximate surface area is 140 Å². The van der Waals surface area contributed by atoms with Gasteiger partial charge >= 0.3 is 0 Å².